The van der Waals surface area contributed by atoms with Crippen molar-refractivity contribution in [2.24, 2.45) is 0 Å². The van der Waals surface area contributed by atoms with E-state index in [-0.39, 0.29) is 25.5 Å². The first kappa shape index (κ1) is 21.2. The van der Waals surface area contributed by atoms with Crippen molar-refractivity contribution in [3.05, 3.63) is 12.8 Å². The number of carbonyl (C=O) groups is 3. The Bertz CT molecular complexity index is 396. The van der Waals surface area contributed by atoms with E-state index in [2.05, 4.69) is 16.1 Å². The lowest BCUT2D eigenvalue weighted by molar-refractivity contribution is -0.168. The minimum Gasteiger partial charge on any atom is -0.452 e. The first-order valence-electron chi connectivity index (χ1n) is 6.97. The van der Waals surface area contributed by atoms with Gasteiger partial charge in [-0.05, 0) is 12.8 Å². The lowest BCUT2D eigenvalue weighted by atomic mass is 10.0. The molecule has 4 N–H and O–H groups in total. The van der Waals surface area contributed by atoms with Gasteiger partial charge in [0.2, 0.25) is 0 Å². The standard InChI is InChI=1S/C14H22O9/c1-2-22-11(18)5-3-4-6-12(19)23-10(8-16)14(21)13(20)9(17)7-15/h2,8-10,13-15,17,20-21H,1,3-7H2/t9-,10+,13+,14-/m1/s1. The number of aldehydes is 1. The third kappa shape index (κ3) is 8.41. The molecule has 4 atom stereocenters. The van der Waals surface area contributed by atoms with Crippen molar-refractivity contribution in [1.29, 1.82) is 0 Å². The van der Waals surface area contributed by atoms with E-state index in [0.29, 0.717) is 6.42 Å². The zero-order valence-corrected chi connectivity index (χ0v) is 12.5. The van der Waals surface area contributed by atoms with Gasteiger partial charge in [0.15, 0.2) is 12.4 Å². The van der Waals surface area contributed by atoms with Crippen LogP contribution in [-0.2, 0) is 23.9 Å². The Morgan fingerprint density at radius 3 is 2.09 bits per heavy atom. The molecule has 23 heavy (non-hydrogen) atoms. The molecule has 0 aliphatic heterocycles. The molecule has 0 rings (SSSR count). The van der Waals surface area contributed by atoms with Crippen LogP contribution < -0.4 is 0 Å². The molecule has 9 heteroatoms. The lowest BCUT2D eigenvalue weighted by Gasteiger charge is -2.25. The summed E-state index contributed by atoms with van der Waals surface area (Å²) in [4.78, 5) is 33.4. The van der Waals surface area contributed by atoms with Crippen LogP contribution in [0.1, 0.15) is 25.7 Å². The fourth-order valence-electron chi connectivity index (χ4n) is 1.61. The van der Waals surface area contributed by atoms with Crippen LogP contribution in [0.2, 0.25) is 0 Å². The molecule has 0 aromatic rings. The van der Waals surface area contributed by atoms with Crippen molar-refractivity contribution >= 4 is 18.2 Å². The molecule has 0 radical (unpaired) electrons. The van der Waals surface area contributed by atoms with Crippen molar-refractivity contribution < 1.29 is 44.3 Å². The van der Waals surface area contributed by atoms with E-state index in [1.54, 1.807) is 0 Å². The zero-order valence-electron chi connectivity index (χ0n) is 12.5. The molecule has 0 spiro atoms. The maximum atomic E-state index is 11.5. The van der Waals surface area contributed by atoms with Gasteiger partial charge in [-0.3, -0.25) is 14.4 Å². The summed E-state index contributed by atoms with van der Waals surface area (Å²) in [6.45, 7) is 2.39. The minimum absolute atomic E-state index is 0.0838. The van der Waals surface area contributed by atoms with Crippen molar-refractivity contribution in [3.63, 3.8) is 0 Å². The average Bonchev–Trinajstić information content (AvgIpc) is 2.54. The molecule has 0 bridgehead atoms. The Labute approximate surface area is 133 Å². The van der Waals surface area contributed by atoms with E-state index in [0.717, 1.165) is 6.26 Å². The minimum atomic E-state index is -1.87. The number of aliphatic hydroxyl groups excluding tert-OH is 4. The molecule has 0 amide bonds. The summed E-state index contributed by atoms with van der Waals surface area (Å²) in [5, 5.41) is 36.9. The highest BCUT2D eigenvalue weighted by atomic mass is 16.6. The van der Waals surface area contributed by atoms with Gasteiger partial charge < -0.3 is 29.9 Å². The second-order valence-electron chi connectivity index (χ2n) is 4.69. The van der Waals surface area contributed by atoms with Crippen LogP contribution in [0.4, 0.5) is 0 Å². The number of ether oxygens (including phenoxy) is 2. The molecule has 0 aliphatic carbocycles. The van der Waals surface area contributed by atoms with E-state index in [9.17, 15) is 29.7 Å². The van der Waals surface area contributed by atoms with Gasteiger partial charge in [-0.15, -0.1) is 0 Å². The van der Waals surface area contributed by atoms with Crippen LogP contribution in [0.3, 0.4) is 0 Å². The molecule has 0 fully saturated rings. The number of esters is 2. The number of aliphatic hydroxyl groups is 4. The Morgan fingerprint density at radius 2 is 1.61 bits per heavy atom. The number of rotatable bonds is 12. The summed E-state index contributed by atoms with van der Waals surface area (Å²) in [5.74, 6) is -1.31. The highest BCUT2D eigenvalue weighted by molar-refractivity contribution is 5.73. The summed E-state index contributed by atoms with van der Waals surface area (Å²) >= 11 is 0. The summed E-state index contributed by atoms with van der Waals surface area (Å²) in [5.41, 5.74) is 0. The smallest absolute Gasteiger partial charge is 0.310 e. The van der Waals surface area contributed by atoms with Gasteiger partial charge in [0.05, 0.1) is 12.9 Å². The Balaban J connectivity index is 4.21. The molecular formula is C14H22O9. The fraction of sp³-hybridized carbons (Fsp3) is 0.643. The summed E-state index contributed by atoms with van der Waals surface area (Å²) in [6.07, 6.45) is -5.37. The summed E-state index contributed by atoms with van der Waals surface area (Å²) in [6, 6.07) is 0. The number of unbranched alkanes of at least 4 members (excludes halogenated alkanes) is 1. The molecule has 132 valence electrons. The highest BCUT2D eigenvalue weighted by Crippen LogP contribution is 2.10. The van der Waals surface area contributed by atoms with Crippen LogP contribution in [0.15, 0.2) is 12.8 Å². The van der Waals surface area contributed by atoms with Crippen LogP contribution in [0.5, 0.6) is 0 Å². The Hall–Kier alpha value is -1.81. The van der Waals surface area contributed by atoms with Crippen molar-refractivity contribution in [3.8, 4) is 0 Å². The fourth-order valence-corrected chi connectivity index (χ4v) is 1.61. The van der Waals surface area contributed by atoms with Crippen molar-refractivity contribution in [2.45, 2.75) is 50.1 Å². The summed E-state index contributed by atoms with van der Waals surface area (Å²) < 4.78 is 9.17. The Kier molecular flexibility index (Phi) is 10.8. The van der Waals surface area contributed by atoms with E-state index < -0.39 is 43.0 Å². The van der Waals surface area contributed by atoms with E-state index in [4.69, 9.17) is 5.11 Å². The number of hydrogen-bond donors (Lipinski definition) is 4. The zero-order chi connectivity index (χ0) is 17.8. The topological polar surface area (TPSA) is 151 Å². The van der Waals surface area contributed by atoms with E-state index in [1.807, 2.05) is 0 Å². The monoisotopic (exact) mass is 334 g/mol. The number of carbonyl (C=O) groups excluding carboxylic acids is 3. The first-order chi connectivity index (χ1) is 10.9. The van der Waals surface area contributed by atoms with Crippen LogP contribution in [-0.4, -0.2) is 69.7 Å². The Morgan fingerprint density at radius 1 is 1.04 bits per heavy atom. The third-order valence-electron chi connectivity index (χ3n) is 2.90. The molecule has 0 saturated heterocycles. The van der Waals surface area contributed by atoms with Gasteiger partial charge in [-0.1, -0.05) is 6.58 Å². The quantitative estimate of drug-likeness (QED) is 0.143. The van der Waals surface area contributed by atoms with Crippen molar-refractivity contribution in [1.82, 2.24) is 0 Å². The molecule has 0 aromatic heterocycles. The maximum absolute atomic E-state index is 11.5. The van der Waals surface area contributed by atoms with Crippen molar-refractivity contribution in [2.75, 3.05) is 6.61 Å². The van der Waals surface area contributed by atoms with Gasteiger partial charge in [0, 0.05) is 12.8 Å². The normalized spacial score (nSPS) is 15.8. The predicted molar refractivity (Wildman–Crippen MR) is 75.8 cm³/mol. The van der Waals surface area contributed by atoms with Gasteiger partial charge >= 0.3 is 11.9 Å². The van der Waals surface area contributed by atoms with Gasteiger partial charge in [-0.2, -0.15) is 0 Å². The van der Waals surface area contributed by atoms with Crippen LogP contribution in [0, 0.1) is 0 Å². The van der Waals surface area contributed by atoms with Gasteiger partial charge in [0.25, 0.3) is 0 Å². The molecule has 0 saturated carbocycles. The van der Waals surface area contributed by atoms with E-state index >= 15 is 0 Å². The molecule has 9 nitrogen and oxygen atoms in total. The molecule has 0 aliphatic rings. The van der Waals surface area contributed by atoms with Crippen LogP contribution in [0.25, 0.3) is 0 Å². The molecule has 0 heterocycles. The first-order valence-corrected chi connectivity index (χ1v) is 6.97. The number of hydrogen-bond acceptors (Lipinski definition) is 9. The SMILES string of the molecule is C=COC(=O)CCCCC(=O)O[C@@H](C=O)[C@@H](O)[C@@H](O)[C@H](O)CO. The summed E-state index contributed by atoms with van der Waals surface area (Å²) in [7, 11) is 0. The van der Waals surface area contributed by atoms with Crippen LogP contribution >= 0.6 is 0 Å². The molecular weight excluding hydrogens is 312 g/mol. The van der Waals surface area contributed by atoms with E-state index in [1.165, 1.54) is 0 Å². The van der Waals surface area contributed by atoms with Gasteiger partial charge in [-0.25, -0.2) is 0 Å². The third-order valence-corrected chi connectivity index (χ3v) is 2.90. The highest BCUT2D eigenvalue weighted by Gasteiger charge is 2.33. The average molecular weight is 334 g/mol. The second-order valence-corrected chi connectivity index (χ2v) is 4.69. The maximum Gasteiger partial charge on any atom is 0.310 e. The molecule has 0 aromatic carbocycles. The lowest BCUT2D eigenvalue weighted by Crippen LogP contribution is -2.48. The molecule has 0 unspecified atom stereocenters. The largest absolute Gasteiger partial charge is 0.452 e. The predicted octanol–water partition coefficient (Wildman–Crippen LogP) is -1.58. The second kappa shape index (κ2) is 11.7. The van der Waals surface area contributed by atoms with Gasteiger partial charge in [0.1, 0.15) is 18.3 Å².